The molecule has 2 heterocycles. The molecule has 1 aliphatic heterocycles. The van der Waals surface area contributed by atoms with Crippen molar-refractivity contribution in [1.82, 2.24) is 4.98 Å². The molecule has 106 valence electrons. The standard InChI is InChI=1S/C16H13NO2S2/c1-4-8-15-12(5-1)17-16(21-15)20-10-11-9-18-13-6-2-3-7-14(13)19-11/h1-8,11H,9-10H2/t11-/m1/s1. The van der Waals surface area contributed by atoms with Gasteiger partial charge in [-0.25, -0.2) is 4.98 Å². The van der Waals surface area contributed by atoms with Gasteiger partial charge in [0.2, 0.25) is 0 Å². The van der Waals surface area contributed by atoms with Crippen LogP contribution in [0.3, 0.4) is 0 Å². The first-order valence-corrected chi connectivity index (χ1v) is 8.55. The Morgan fingerprint density at radius 1 is 1.10 bits per heavy atom. The van der Waals surface area contributed by atoms with Crippen LogP contribution < -0.4 is 9.47 Å². The molecule has 1 atom stereocenters. The molecule has 0 bridgehead atoms. The first kappa shape index (κ1) is 13.0. The molecule has 3 nitrogen and oxygen atoms in total. The number of benzene rings is 2. The Balaban J connectivity index is 1.43. The number of nitrogens with zero attached hydrogens (tertiary/aromatic N) is 1. The van der Waals surface area contributed by atoms with Gasteiger partial charge in [0.15, 0.2) is 15.8 Å². The molecular formula is C16H13NO2S2. The van der Waals surface area contributed by atoms with E-state index in [0.29, 0.717) is 6.61 Å². The van der Waals surface area contributed by atoms with E-state index in [0.717, 1.165) is 27.1 Å². The third kappa shape index (κ3) is 2.71. The van der Waals surface area contributed by atoms with Gasteiger partial charge in [0, 0.05) is 5.75 Å². The molecular weight excluding hydrogens is 302 g/mol. The van der Waals surface area contributed by atoms with Crippen LogP contribution in [-0.2, 0) is 0 Å². The van der Waals surface area contributed by atoms with Crippen LogP contribution >= 0.6 is 23.1 Å². The van der Waals surface area contributed by atoms with Gasteiger partial charge >= 0.3 is 0 Å². The van der Waals surface area contributed by atoms with Crippen molar-refractivity contribution in [3.05, 3.63) is 48.5 Å². The number of fused-ring (bicyclic) bond motifs is 2. The van der Waals surface area contributed by atoms with E-state index >= 15 is 0 Å². The molecule has 0 fully saturated rings. The number of thiazole rings is 1. The fourth-order valence-corrected chi connectivity index (χ4v) is 4.28. The molecule has 2 aromatic carbocycles. The van der Waals surface area contributed by atoms with Gasteiger partial charge < -0.3 is 9.47 Å². The predicted octanol–water partition coefficient (Wildman–Crippen LogP) is 4.23. The zero-order chi connectivity index (χ0) is 14.1. The highest BCUT2D eigenvalue weighted by molar-refractivity contribution is 8.01. The van der Waals surface area contributed by atoms with Gasteiger partial charge in [-0.05, 0) is 24.3 Å². The predicted molar refractivity (Wildman–Crippen MR) is 86.7 cm³/mol. The lowest BCUT2D eigenvalue weighted by atomic mass is 10.3. The number of ether oxygens (including phenoxy) is 2. The second-order valence-corrected chi connectivity index (χ2v) is 7.05. The van der Waals surface area contributed by atoms with E-state index < -0.39 is 0 Å². The number of aromatic nitrogens is 1. The summed E-state index contributed by atoms with van der Waals surface area (Å²) in [5.41, 5.74) is 1.07. The van der Waals surface area contributed by atoms with Crippen LogP contribution in [-0.4, -0.2) is 23.4 Å². The van der Waals surface area contributed by atoms with Crippen molar-refractivity contribution in [3.8, 4) is 11.5 Å². The third-order valence-electron chi connectivity index (χ3n) is 3.23. The maximum Gasteiger partial charge on any atom is 0.161 e. The summed E-state index contributed by atoms with van der Waals surface area (Å²) in [6.07, 6.45) is 0.0666. The van der Waals surface area contributed by atoms with Gasteiger partial charge in [0.05, 0.1) is 10.2 Å². The minimum Gasteiger partial charge on any atom is -0.486 e. The van der Waals surface area contributed by atoms with Crippen molar-refractivity contribution in [2.45, 2.75) is 10.4 Å². The summed E-state index contributed by atoms with van der Waals surface area (Å²) in [4.78, 5) is 4.63. The lowest BCUT2D eigenvalue weighted by Gasteiger charge is -2.25. The van der Waals surface area contributed by atoms with E-state index in [4.69, 9.17) is 9.47 Å². The monoisotopic (exact) mass is 315 g/mol. The van der Waals surface area contributed by atoms with Gasteiger partial charge in [0.25, 0.3) is 0 Å². The van der Waals surface area contributed by atoms with Crippen molar-refractivity contribution in [3.63, 3.8) is 0 Å². The maximum atomic E-state index is 5.96. The van der Waals surface area contributed by atoms with E-state index in [-0.39, 0.29) is 6.10 Å². The van der Waals surface area contributed by atoms with Crippen LogP contribution in [0.25, 0.3) is 10.2 Å². The van der Waals surface area contributed by atoms with Crippen molar-refractivity contribution < 1.29 is 9.47 Å². The highest BCUT2D eigenvalue weighted by Gasteiger charge is 2.21. The molecule has 0 N–H and O–H groups in total. The number of rotatable bonds is 3. The number of thioether (sulfide) groups is 1. The summed E-state index contributed by atoms with van der Waals surface area (Å²) in [5, 5.41) is 0. The van der Waals surface area contributed by atoms with Crippen LogP contribution in [0.5, 0.6) is 11.5 Å². The van der Waals surface area contributed by atoms with Gasteiger partial charge in [-0.1, -0.05) is 36.0 Å². The van der Waals surface area contributed by atoms with Crippen molar-refractivity contribution in [1.29, 1.82) is 0 Å². The maximum absolute atomic E-state index is 5.96. The van der Waals surface area contributed by atoms with E-state index in [1.807, 2.05) is 42.5 Å². The lowest BCUT2D eigenvalue weighted by molar-refractivity contribution is 0.107. The van der Waals surface area contributed by atoms with Gasteiger partial charge in [-0.2, -0.15) is 0 Å². The highest BCUT2D eigenvalue weighted by Crippen LogP contribution is 2.34. The lowest BCUT2D eigenvalue weighted by Crippen LogP contribution is -2.31. The van der Waals surface area contributed by atoms with E-state index in [1.54, 1.807) is 23.1 Å². The fourth-order valence-electron chi connectivity index (χ4n) is 2.22. The van der Waals surface area contributed by atoms with Gasteiger partial charge in [-0.3, -0.25) is 0 Å². The van der Waals surface area contributed by atoms with E-state index in [9.17, 15) is 0 Å². The molecule has 5 heteroatoms. The van der Waals surface area contributed by atoms with Gasteiger partial charge in [0.1, 0.15) is 12.7 Å². The molecule has 4 rings (SSSR count). The van der Waals surface area contributed by atoms with E-state index in [1.165, 1.54) is 4.70 Å². The number of para-hydroxylation sites is 3. The minimum atomic E-state index is 0.0666. The van der Waals surface area contributed by atoms with Crippen LogP contribution in [0.4, 0.5) is 0 Å². The van der Waals surface area contributed by atoms with Gasteiger partial charge in [-0.15, -0.1) is 11.3 Å². The molecule has 0 radical (unpaired) electrons. The molecule has 0 saturated heterocycles. The summed E-state index contributed by atoms with van der Waals surface area (Å²) < 4.78 is 14.0. The fraction of sp³-hybridized carbons (Fsp3) is 0.188. The Morgan fingerprint density at radius 2 is 1.90 bits per heavy atom. The van der Waals surface area contributed by atoms with Crippen molar-refractivity contribution >= 4 is 33.3 Å². The second kappa shape index (κ2) is 5.58. The molecule has 0 unspecified atom stereocenters. The number of hydrogen-bond acceptors (Lipinski definition) is 5. The summed E-state index contributed by atoms with van der Waals surface area (Å²) in [5.74, 6) is 2.51. The molecule has 0 aliphatic carbocycles. The first-order valence-electron chi connectivity index (χ1n) is 6.75. The Bertz CT molecular complexity index is 739. The first-order chi connectivity index (χ1) is 10.4. The molecule has 0 spiro atoms. The molecule has 21 heavy (non-hydrogen) atoms. The van der Waals surface area contributed by atoms with E-state index in [2.05, 4.69) is 11.1 Å². The minimum absolute atomic E-state index is 0.0666. The summed E-state index contributed by atoms with van der Waals surface area (Å²) in [6.45, 7) is 0.592. The highest BCUT2D eigenvalue weighted by atomic mass is 32.2. The van der Waals surface area contributed by atoms with Crippen LogP contribution in [0, 0.1) is 0 Å². The molecule has 1 aliphatic rings. The Hall–Kier alpha value is -1.72. The van der Waals surface area contributed by atoms with Crippen LogP contribution in [0.15, 0.2) is 52.9 Å². The zero-order valence-electron chi connectivity index (χ0n) is 11.2. The molecule has 3 aromatic rings. The third-order valence-corrected chi connectivity index (χ3v) is 5.55. The Labute approximate surface area is 130 Å². The molecule has 1 aromatic heterocycles. The summed E-state index contributed by atoms with van der Waals surface area (Å²) >= 11 is 3.46. The van der Waals surface area contributed by atoms with Crippen molar-refractivity contribution in [2.75, 3.05) is 12.4 Å². The molecule has 0 amide bonds. The smallest absolute Gasteiger partial charge is 0.161 e. The summed E-state index contributed by atoms with van der Waals surface area (Å²) in [7, 11) is 0. The average molecular weight is 315 g/mol. The second-order valence-electron chi connectivity index (χ2n) is 4.76. The Kier molecular flexibility index (Phi) is 3.45. The average Bonchev–Trinajstić information content (AvgIpc) is 2.95. The topological polar surface area (TPSA) is 31.4 Å². The van der Waals surface area contributed by atoms with Crippen LogP contribution in [0.1, 0.15) is 0 Å². The quantitative estimate of drug-likeness (QED) is 0.677. The number of hydrogen-bond donors (Lipinski definition) is 0. The van der Waals surface area contributed by atoms with Crippen molar-refractivity contribution in [2.24, 2.45) is 0 Å². The molecule has 0 saturated carbocycles. The zero-order valence-corrected chi connectivity index (χ0v) is 12.8. The normalized spacial score (nSPS) is 17.0. The van der Waals surface area contributed by atoms with Crippen LogP contribution in [0.2, 0.25) is 0 Å². The Morgan fingerprint density at radius 3 is 2.81 bits per heavy atom. The summed E-state index contributed by atoms with van der Waals surface area (Å²) in [6, 6.07) is 16.0. The SMILES string of the molecule is c1ccc2c(c1)OC[C@H](CSc1nc3ccccc3s1)O2. The largest absolute Gasteiger partial charge is 0.486 e.